The van der Waals surface area contributed by atoms with Gasteiger partial charge in [-0.05, 0) is 70.3 Å². The molecule has 0 aromatic carbocycles. The summed E-state index contributed by atoms with van der Waals surface area (Å²) >= 11 is 1.18. The Kier molecular flexibility index (Phi) is 6.68. The number of aryl methyl sites for hydroxylation is 3. The molecule has 0 saturated carbocycles. The van der Waals surface area contributed by atoms with Gasteiger partial charge in [-0.3, -0.25) is 14.7 Å². The fourth-order valence-corrected chi connectivity index (χ4v) is 5.68. The van der Waals surface area contributed by atoms with Crippen LogP contribution in [0.25, 0.3) is 0 Å². The SMILES string of the molecule is Cc1ccc(C(C)(C)N2CCC(CCc3ccc(F)s3)(C(OC=O)c3nccn3C)C2)cn1. The number of carbonyl (C=O) groups is 1. The Morgan fingerprint density at radius 3 is 2.73 bits per heavy atom. The molecule has 4 rings (SSSR count). The van der Waals surface area contributed by atoms with Crippen molar-refractivity contribution in [1.82, 2.24) is 19.4 Å². The zero-order valence-corrected chi connectivity index (χ0v) is 20.4. The van der Waals surface area contributed by atoms with E-state index in [0.29, 0.717) is 6.47 Å². The Morgan fingerprint density at radius 1 is 1.30 bits per heavy atom. The van der Waals surface area contributed by atoms with Gasteiger partial charge in [0.25, 0.3) is 6.47 Å². The zero-order chi connectivity index (χ0) is 23.6. The topological polar surface area (TPSA) is 60.2 Å². The molecule has 1 saturated heterocycles. The minimum Gasteiger partial charge on any atom is -0.456 e. The molecule has 8 heteroatoms. The summed E-state index contributed by atoms with van der Waals surface area (Å²) in [4.78, 5) is 24.1. The fraction of sp³-hybridized carbons (Fsp3) is 0.480. The Labute approximate surface area is 198 Å². The van der Waals surface area contributed by atoms with Gasteiger partial charge in [0, 0.05) is 53.7 Å². The highest BCUT2D eigenvalue weighted by Crippen LogP contribution is 2.50. The van der Waals surface area contributed by atoms with Crippen LogP contribution in [0.4, 0.5) is 4.39 Å². The number of likely N-dealkylation sites (tertiary alicyclic amines) is 1. The molecule has 2 atom stereocenters. The molecule has 0 bridgehead atoms. The molecule has 1 aliphatic heterocycles. The maximum Gasteiger partial charge on any atom is 0.293 e. The van der Waals surface area contributed by atoms with Crippen molar-refractivity contribution >= 4 is 17.8 Å². The van der Waals surface area contributed by atoms with Crippen molar-refractivity contribution in [2.45, 2.75) is 51.7 Å². The van der Waals surface area contributed by atoms with Crippen LogP contribution in [0.1, 0.15) is 54.8 Å². The van der Waals surface area contributed by atoms with E-state index in [-0.39, 0.29) is 16.1 Å². The van der Waals surface area contributed by atoms with E-state index in [1.165, 1.54) is 17.4 Å². The number of aromatic nitrogens is 3. The summed E-state index contributed by atoms with van der Waals surface area (Å²) in [6.07, 6.45) is 7.38. The van der Waals surface area contributed by atoms with Crippen molar-refractivity contribution in [3.63, 3.8) is 0 Å². The standard InChI is InChI=1S/C25H31FN4O2S/c1-18-5-6-19(15-28-18)24(2,3)30-13-11-25(16-30,10-9-20-7-8-21(26)33-20)22(32-17-31)23-27-12-14-29(23)4/h5-8,12,14-15,17,22H,9-11,13,16H2,1-4H3. The van der Waals surface area contributed by atoms with Crippen molar-refractivity contribution < 1.29 is 13.9 Å². The molecule has 0 aliphatic carbocycles. The highest BCUT2D eigenvalue weighted by atomic mass is 32.1. The molecule has 3 aromatic rings. The molecule has 0 amide bonds. The lowest BCUT2D eigenvalue weighted by molar-refractivity contribution is -0.142. The van der Waals surface area contributed by atoms with Gasteiger partial charge in [-0.15, -0.1) is 11.3 Å². The monoisotopic (exact) mass is 470 g/mol. The average molecular weight is 471 g/mol. The second-order valence-corrected chi connectivity index (χ2v) is 10.6. The van der Waals surface area contributed by atoms with Gasteiger partial charge in [-0.2, -0.15) is 4.39 Å². The Morgan fingerprint density at radius 2 is 2.12 bits per heavy atom. The largest absolute Gasteiger partial charge is 0.456 e. The second-order valence-electron chi connectivity index (χ2n) is 9.50. The molecule has 4 heterocycles. The second kappa shape index (κ2) is 9.35. The molecular formula is C25H31FN4O2S. The van der Waals surface area contributed by atoms with Crippen molar-refractivity contribution in [2.75, 3.05) is 13.1 Å². The van der Waals surface area contributed by atoms with Crippen LogP contribution in [0.2, 0.25) is 0 Å². The van der Waals surface area contributed by atoms with Crippen LogP contribution in [-0.2, 0) is 28.5 Å². The van der Waals surface area contributed by atoms with Gasteiger partial charge in [0.1, 0.15) is 5.82 Å². The molecule has 1 aliphatic rings. The lowest BCUT2D eigenvalue weighted by Crippen LogP contribution is -2.43. The number of rotatable bonds is 9. The van der Waals surface area contributed by atoms with E-state index in [4.69, 9.17) is 4.74 Å². The Hall–Kier alpha value is -2.58. The van der Waals surface area contributed by atoms with E-state index in [0.717, 1.165) is 54.3 Å². The van der Waals surface area contributed by atoms with Gasteiger partial charge >= 0.3 is 0 Å². The average Bonchev–Trinajstić information content (AvgIpc) is 3.52. The Balaban J connectivity index is 1.67. The highest BCUT2D eigenvalue weighted by molar-refractivity contribution is 7.10. The maximum atomic E-state index is 13.6. The number of hydrogen-bond acceptors (Lipinski definition) is 6. The van der Waals surface area contributed by atoms with Crippen LogP contribution in [0.15, 0.2) is 42.9 Å². The third-order valence-electron chi connectivity index (χ3n) is 7.13. The molecule has 0 N–H and O–H groups in total. The van der Waals surface area contributed by atoms with Crippen LogP contribution < -0.4 is 0 Å². The molecular weight excluding hydrogens is 439 g/mol. The van der Waals surface area contributed by atoms with Crippen molar-refractivity contribution in [1.29, 1.82) is 0 Å². The summed E-state index contributed by atoms with van der Waals surface area (Å²) in [5.74, 6) is 0.733. The summed E-state index contributed by atoms with van der Waals surface area (Å²) in [5.41, 5.74) is 1.54. The molecule has 33 heavy (non-hydrogen) atoms. The van der Waals surface area contributed by atoms with Gasteiger partial charge in [-0.25, -0.2) is 4.98 Å². The van der Waals surface area contributed by atoms with Gasteiger partial charge in [0.05, 0.1) is 0 Å². The molecule has 6 nitrogen and oxygen atoms in total. The number of thiophene rings is 1. The van der Waals surface area contributed by atoms with Gasteiger partial charge < -0.3 is 9.30 Å². The third kappa shape index (κ3) is 4.73. The van der Waals surface area contributed by atoms with Gasteiger partial charge in [-0.1, -0.05) is 6.07 Å². The molecule has 3 aromatic heterocycles. The van der Waals surface area contributed by atoms with E-state index < -0.39 is 6.10 Å². The van der Waals surface area contributed by atoms with Crippen LogP contribution in [0.3, 0.4) is 0 Å². The minimum atomic E-state index is -0.489. The summed E-state index contributed by atoms with van der Waals surface area (Å²) in [7, 11) is 1.92. The van der Waals surface area contributed by atoms with Gasteiger partial charge in [0.15, 0.2) is 11.2 Å². The molecule has 176 valence electrons. The normalized spacial score (nSPS) is 20.2. The summed E-state index contributed by atoms with van der Waals surface area (Å²) < 4.78 is 21.3. The predicted molar refractivity (Wildman–Crippen MR) is 126 cm³/mol. The van der Waals surface area contributed by atoms with Gasteiger partial charge in [0.2, 0.25) is 0 Å². The van der Waals surface area contributed by atoms with Crippen LogP contribution in [0, 0.1) is 17.5 Å². The smallest absolute Gasteiger partial charge is 0.293 e. The first-order chi connectivity index (χ1) is 15.7. The first-order valence-electron chi connectivity index (χ1n) is 11.2. The van der Waals surface area contributed by atoms with Crippen LogP contribution in [0.5, 0.6) is 0 Å². The van der Waals surface area contributed by atoms with Crippen molar-refractivity contribution in [3.05, 3.63) is 69.9 Å². The molecule has 2 unspecified atom stereocenters. The summed E-state index contributed by atoms with van der Waals surface area (Å²) in [6, 6.07) is 7.53. The number of hydrogen-bond donors (Lipinski definition) is 0. The van der Waals surface area contributed by atoms with E-state index in [9.17, 15) is 9.18 Å². The number of carbonyl (C=O) groups excluding carboxylic acids is 1. The summed E-state index contributed by atoms with van der Waals surface area (Å²) in [6.45, 7) is 8.51. The minimum absolute atomic E-state index is 0.176. The van der Waals surface area contributed by atoms with E-state index >= 15 is 0 Å². The molecule has 1 fully saturated rings. The van der Waals surface area contributed by atoms with Crippen LogP contribution >= 0.6 is 11.3 Å². The third-order valence-corrected chi connectivity index (χ3v) is 8.07. The summed E-state index contributed by atoms with van der Waals surface area (Å²) in [5, 5.41) is -0.176. The quantitative estimate of drug-likeness (QED) is 0.421. The maximum absolute atomic E-state index is 13.6. The first kappa shape index (κ1) is 23.6. The Bertz CT molecular complexity index is 1090. The number of imidazole rings is 1. The van der Waals surface area contributed by atoms with Crippen LogP contribution in [-0.4, -0.2) is 39.0 Å². The highest BCUT2D eigenvalue weighted by Gasteiger charge is 2.50. The number of ether oxygens (including phenoxy) is 1. The molecule has 0 spiro atoms. The number of halogens is 1. The van der Waals surface area contributed by atoms with E-state index in [1.807, 2.05) is 43.1 Å². The van der Waals surface area contributed by atoms with E-state index in [2.05, 4.69) is 34.8 Å². The number of pyridine rings is 1. The van der Waals surface area contributed by atoms with E-state index in [1.54, 1.807) is 6.20 Å². The fourth-order valence-electron chi connectivity index (χ4n) is 4.96. The molecule has 0 radical (unpaired) electrons. The van der Waals surface area contributed by atoms with Crippen molar-refractivity contribution in [3.8, 4) is 0 Å². The van der Waals surface area contributed by atoms with Crippen molar-refractivity contribution in [2.24, 2.45) is 12.5 Å². The lowest BCUT2D eigenvalue weighted by atomic mass is 9.76. The lowest BCUT2D eigenvalue weighted by Gasteiger charge is -2.40. The zero-order valence-electron chi connectivity index (χ0n) is 19.6. The predicted octanol–water partition coefficient (Wildman–Crippen LogP) is 4.80. The number of nitrogens with zero attached hydrogens (tertiary/aromatic N) is 4. The first-order valence-corrected chi connectivity index (χ1v) is 12.1.